The molecule has 1 heterocycles. The molecule has 7 heteroatoms. The van der Waals surface area contributed by atoms with E-state index in [-0.39, 0.29) is 0 Å². The van der Waals surface area contributed by atoms with Crippen LogP contribution in [0, 0.1) is 0 Å². The quantitative estimate of drug-likeness (QED) is 0.593. The molecule has 138 valence electrons. The normalized spacial score (nSPS) is 10.3. The summed E-state index contributed by atoms with van der Waals surface area (Å²) in [5, 5.41) is 6.77. The van der Waals surface area contributed by atoms with Gasteiger partial charge in [-0.15, -0.1) is 0 Å². The van der Waals surface area contributed by atoms with Crippen LogP contribution in [0.15, 0.2) is 60.8 Å². The highest BCUT2D eigenvalue weighted by atomic mass is 35.5. The first-order valence-corrected chi connectivity index (χ1v) is 8.79. The maximum atomic E-state index is 11.7. The Labute approximate surface area is 162 Å². The molecule has 0 aliphatic carbocycles. The van der Waals surface area contributed by atoms with Crippen LogP contribution in [0.3, 0.4) is 0 Å². The third kappa shape index (κ3) is 5.18. The smallest absolute Gasteiger partial charge is 0.337 e. The Morgan fingerprint density at radius 2 is 1.96 bits per heavy atom. The van der Waals surface area contributed by atoms with Crippen molar-refractivity contribution in [3.05, 3.63) is 76.9 Å². The molecule has 0 atom stereocenters. The molecule has 3 rings (SSSR count). The Morgan fingerprint density at radius 1 is 1.15 bits per heavy atom. The lowest BCUT2D eigenvalue weighted by atomic mass is 10.1. The fourth-order valence-corrected chi connectivity index (χ4v) is 2.65. The first-order chi connectivity index (χ1) is 13.2. The van der Waals surface area contributed by atoms with E-state index in [0.29, 0.717) is 28.0 Å². The van der Waals surface area contributed by atoms with E-state index >= 15 is 0 Å². The van der Waals surface area contributed by atoms with E-state index in [1.54, 1.807) is 30.5 Å². The van der Waals surface area contributed by atoms with Crippen LogP contribution in [-0.4, -0.2) is 29.6 Å². The molecule has 0 fully saturated rings. The van der Waals surface area contributed by atoms with Gasteiger partial charge in [0, 0.05) is 12.7 Å². The number of ether oxygens (including phenoxy) is 1. The summed E-state index contributed by atoms with van der Waals surface area (Å²) in [6.07, 6.45) is 2.54. The fraction of sp³-hybridized carbons (Fsp3) is 0.150. The lowest BCUT2D eigenvalue weighted by molar-refractivity contribution is 0.0601. The number of nitrogens with zero attached hydrogens (tertiary/aromatic N) is 2. The fourth-order valence-electron chi connectivity index (χ4n) is 2.48. The van der Waals surface area contributed by atoms with Crippen LogP contribution in [0.1, 0.15) is 15.9 Å². The Bertz CT molecular complexity index is 919. The Morgan fingerprint density at radius 3 is 2.74 bits per heavy atom. The van der Waals surface area contributed by atoms with E-state index in [2.05, 4.69) is 32.7 Å². The van der Waals surface area contributed by atoms with Crippen molar-refractivity contribution in [1.82, 2.24) is 9.97 Å². The molecule has 0 radical (unpaired) electrons. The van der Waals surface area contributed by atoms with Crippen LogP contribution in [0.4, 0.5) is 17.5 Å². The summed E-state index contributed by atoms with van der Waals surface area (Å²) in [5.74, 6) is 0.638. The van der Waals surface area contributed by atoms with Crippen molar-refractivity contribution in [2.75, 3.05) is 24.3 Å². The number of benzene rings is 2. The minimum atomic E-state index is -0.438. The second kappa shape index (κ2) is 9.00. The van der Waals surface area contributed by atoms with Gasteiger partial charge in [-0.1, -0.05) is 41.9 Å². The first kappa shape index (κ1) is 18.7. The predicted molar refractivity (Wildman–Crippen MR) is 107 cm³/mol. The third-order valence-corrected chi connectivity index (χ3v) is 4.18. The van der Waals surface area contributed by atoms with Gasteiger partial charge in [0.15, 0.2) is 0 Å². The summed E-state index contributed by atoms with van der Waals surface area (Å²) in [5.41, 5.74) is 2.17. The lowest BCUT2D eigenvalue weighted by Gasteiger charge is -2.10. The van der Waals surface area contributed by atoms with Gasteiger partial charge < -0.3 is 15.4 Å². The summed E-state index contributed by atoms with van der Waals surface area (Å²) in [7, 11) is 1.33. The standard InChI is InChI=1S/C20H19ClN4O2/c1-27-19(26)15-7-8-16(21)17(13-15)24-20-23-12-10-18(25-20)22-11-9-14-5-3-2-4-6-14/h2-8,10,12-13H,9,11H2,1H3,(H2,22,23,24,25). The number of rotatable bonds is 7. The van der Waals surface area contributed by atoms with Crippen LogP contribution in [0.25, 0.3) is 0 Å². The van der Waals surface area contributed by atoms with Crippen LogP contribution in [0.5, 0.6) is 0 Å². The van der Waals surface area contributed by atoms with Crippen LogP contribution < -0.4 is 10.6 Å². The van der Waals surface area contributed by atoms with E-state index in [1.807, 2.05) is 18.2 Å². The Kier molecular flexibility index (Phi) is 6.22. The molecule has 2 aromatic carbocycles. The van der Waals surface area contributed by atoms with E-state index in [0.717, 1.165) is 13.0 Å². The molecule has 0 saturated carbocycles. The zero-order valence-corrected chi connectivity index (χ0v) is 15.5. The van der Waals surface area contributed by atoms with Gasteiger partial charge in [0.1, 0.15) is 5.82 Å². The third-order valence-electron chi connectivity index (χ3n) is 3.85. The monoisotopic (exact) mass is 382 g/mol. The number of hydrogen-bond acceptors (Lipinski definition) is 6. The minimum absolute atomic E-state index is 0.378. The number of nitrogens with one attached hydrogen (secondary N) is 2. The van der Waals surface area contributed by atoms with Crippen molar-refractivity contribution in [2.45, 2.75) is 6.42 Å². The molecule has 3 aromatic rings. The van der Waals surface area contributed by atoms with Crippen LogP contribution >= 0.6 is 11.6 Å². The summed E-state index contributed by atoms with van der Waals surface area (Å²) < 4.78 is 4.73. The summed E-state index contributed by atoms with van der Waals surface area (Å²) in [4.78, 5) is 20.3. The molecule has 6 nitrogen and oxygen atoms in total. The van der Waals surface area contributed by atoms with Crippen molar-refractivity contribution in [2.24, 2.45) is 0 Å². The van der Waals surface area contributed by atoms with E-state index < -0.39 is 5.97 Å². The van der Waals surface area contributed by atoms with E-state index in [4.69, 9.17) is 16.3 Å². The maximum absolute atomic E-state index is 11.7. The Hall–Kier alpha value is -3.12. The van der Waals surface area contributed by atoms with Crippen molar-refractivity contribution in [3.8, 4) is 0 Å². The zero-order valence-electron chi connectivity index (χ0n) is 14.8. The highest BCUT2D eigenvalue weighted by Gasteiger charge is 2.10. The molecular weight excluding hydrogens is 364 g/mol. The first-order valence-electron chi connectivity index (χ1n) is 8.41. The number of methoxy groups -OCH3 is 1. The molecule has 2 N–H and O–H groups in total. The molecule has 0 saturated heterocycles. The SMILES string of the molecule is COC(=O)c1ccc(Cl)c(Nc2nccc(NCCc3ccccc3)n2)c1. The zero-order chi connectivity index (χ0) is 19.1. The number of esters is 1. The molecular formula is C20H19ClN4O2. The molecule has 0 unspecified atom stereocenters. The van der Waals surface area contributed by atoms with Crippen LogP contribution in [-0.2, 0) is 11.2 Å². The van der Waals surface area contributed by atoms with Crippen LogP contribution in [0.2, 0.25) is 5.02 Å². The number of hydrogen-bond donors (Lipinski definition) is 2. The number of carbonyl (C=O) groups excluding carboxylic acids is 1. The number of aromatic nitrogens is 2. The minimum Gasteiger partial charge on any atom is -0.465 e. The lowest BCUT2D eigenvalue weighted by Crippen LogP contribution is -2.08. The maximum Gasteiger partial charge on any atom is 0.337 e. The summed E-state index contributed by atoms with van der Waals surface area (Å²) >= 11 is 6.20. The number of carbonyl (C=O) groups is 1. The van der Waals surface area contributed by atoms with Gasteiger partial charge in [-0.25, -0.2) is 9.78 Å². The largest absolute Gasteiger partial charge is 0.465 e. The van der Waals surface area contributed by atoms with E-state index in [9.17, 15) is 4.79 Å². The number of halogens is 1. The van der Waals surface area contributed by atoms with Gasteiger partial charge in [-0.3, -0.25) is 0 Å². The van der Waals surface area contributed by atoms with Crippen molar-refractivity contribution in [1.29, 1.82) is 0 Å². The molecule has 1 aromatic heterocycles. The molecule has 27 heavy (non-hydrogen) atoms. The van der Waals surface area contributed by atoms with Gasteiger partial charge in [-0.2, -0.15) is 4.98 Å². The van der Waals surface area contributed by atoms with Gasteiger partial charge in [0.25, 0.3) is 0 Å². The van der Waals surface area contributed by atoms with E-state index in [1.165, 1.54) is 12.7 Å². The van der Waals surface area contributed by atoms with Gasteiger partial charge in [-0.05, 0) is 36.2 Å². The molecule has 0 aliphatic heterocycles. The van der Waals surface area contributed by atoms with Crippen molar-refractivity contribution in [3.63, 3.8) is 0 Å². The topological polar surface area (TPSA) is 76.1 Å². The highest BCUT2D eigenvalue weighted by Crippen LogP contribution is 2.26. The van der Waals surface area contributed by atoms with Gasteiger partial charge in [0.05, 0.1) is 23.4 Å². The van der Waals surface area contributed by atoms with Gasteiger partial charge >= 0.3 is 5.97 Å². The van der Waals surface area contributed by atoms with Crippen molar-refractivity contribution >= 4 is 35.0 Å². The second-order valence-electron chi connectivity index (χ2n) is 5.74. The second-order valence-corrected chi connectivity index (χ2v) is 6.15. The van der Waals surface area contributed by atoms with Gasteiger partial charge in [0.2, 0.25) is 5.95 Å². The summed E-state index contributed by atoms with van der Waals surface area (Å²) in [6, 6.07) is 16.8. The number of anilines is 3. The molecule has 0 amide bonds. The van der Waals surface area contributed by atoms with Crippen molar-refractivity contribution < 1.29 is 9.53 Å². The highest BCUT2D eigenvalue weighted by molar-refractivity contribution is 6.33. The summed E-state index contributed by atoms with van der Waals surface area (Å²) in [6.45, 7) is 0.749. The average molecular weight is 383 g/mol. The molecule has 0 spiro atoms. The Balaban J connectivity index is 1.66. The molecule has 0 bridgehead atoms. The molecule has 0 aliphatic rings. The average Bonchev–Trinajstić information content (AvgIpc) is 2.70. The predicted octanol–water partition coefficient (Wildman–Crippen LogP) is 4.31.